The number of anilines is 1. The van der Waals surface area contributed by atoms with Crippen LogP contribution in [0, 0.1) is 0 Å². The Morgan fingerprint density at radius 3 is 2.77 bits per heavy atom. The molecule has 0 radical (unpaired) electrons. The third-order valence-electron chi connectivity index (χ3n) is 6.46. The monoisotopic (exact) mass is 471 g/mol. The molecule has 8 nitrogen and oxygen atoms in total. The molecule has 0 saturated carbocycles. The lowest BCUT2D eigenvalue weighted by atomic mass is 9.72. The van der Waals surface area contributed by atoms with Crippen molar-refractivity contribution in [1.82, 2.24) is 10.3 Å². The van der Waals surface area contributed by atoms with Crippen molar-refractivity contribution in [3.8, 4) is 11.5 Å². The molecule has 0 saturated heterocycles. The summed E-state index contributed by atoms with van der Waals surface area (Å²) in [4.78, 5) is 31.3. The smallest absolute Gasteiger partial charge is 0.255 e. The standard InChI is InChI=1S/C27H25N3O5/c1-15-24(27(33)30-23-7-3-4-10-28-23)25(16-8-9-19(31)22(14-16)34-2)26-18(29-15)12-17(13-20(26)32)21-6-5-11-35-21/h3-11,14,17,25,29,31H,12-13H2,1-2H3,(H,28,30,33). The number of methoxy groups -OCH3 is 1. The first-order chi connectivity index (χ1) is 17.0. The van der Waals surface area contributed by atoms with E-state index in [2.05, 4.69) is 15.6 Å². The number of rotatable bonds is 5. The van der Waals surface area contributed by atoms with E-state index >= 15 is 0 Å². The van der Waals surface area contributed by atoms with Gasteiger partial charge in [0.05, 0.1) is 13.4 Å². The number of phenolic OH excluding ortho intramolecular Hbond substituents is 1. The Labute approximate surface area is 202 Å². The van der Waals surface area contributed by atoms with Crippen LogP contribution in [0.4, 0.5) is 5.82 Å². The minimum Gasteiger partial charge on any atom is -0.504 e. The first-order valence-corrected chi connectivity index (χ1v) is 11.3. The lowest BCUT2D eigenvalue weighted by Gasteiger charge is -2.36. The van der Waals surface area contributed by atoms with E-state index in [1.54, 1.807) is 42.8 Å². The van der Waals surface area contributed by atoms with E-state index < -0.39 is 5.92 Å². The number of furan rings is 1. The normalized spacial score (nSPS) is 19.8. The molecule has 35 heavy (non-hydrogen) atoms. The highest BCUT2D eigenvalue weighted by Crippen LogP contribution is 2.46. The van der Waals surface area contributed by atoms with Crippen LogP contribution in [0.25, 0.3) is 0 Å². The number of ketones is 1. The van der Waals surface area contributed by atoms with E-state index in [9.17, 15) is 14.7 Å². The molecule has 2 atom stereocenters. The van der Waals surface area contributed by atoms with Crippen molar-refractivity contribution in [2.45, 2.75) is 31.6 Å². The van der Waals surface area contributed by atoms with Crippen molar-refractivity contribution in [2.75, 3.05) is 12.4 Å². The second kappa shape index (κ2) is 9.13. The Bertz CT molecular complexity index is 1340. The number of nitrogens with one attached hydrogen (secondary N) is 2. The second-order valence-electron chi connectivity index (χ2n) is 8.63. The SMILES string of the molecule is COc1cc(C2C(C(=O)Nc3ccccn3)=C(C)NC3=C2C(=O)CC(c2ccco2)C3)ccc1O. The van der Waals surface area contributed by atoms with Gasteiger partial charge in [0.1, 0.15) is 11.6 Å². The zero-order valence-corrected chi connectivity index (χ0v) is 19.4. The summed E-state index contributed by atoms with van der Waals surface area (Å²) in [5, 5.41) is 16.3. The van der Waals surface area contributed by atoms with E-state index in [1.165, 1.54) is 13.2 Å². The lowest BCUT2D eigenvalue weighted by molar-refractivity contribution is -0.116. The van der Waals surface area contributed by atoms with Gasteiger partial charge in [-0.2, -0.15) is 0 Å². The van der Waals surface area contributed by atoms with Crippen LogP contribution in [-0.4, -0.2) is 28.9 Å². The van der Waals surface area contributed by atoms with Gasteiger partial charge in [-0.1, -0.05) is 12.1 Å². The topological polar surface area (TPSA) is 114 Å². The number of benzene rings is 1. The van der Waals surface area contributed by atoms with E-state index in [4.69, 9.17) is 9.15 Å². The number of nitrogens with zero attached hydrogens (tertiary/aromatic N) is 1. The molecule has 3 aromatic rings. The maximum atomic E-state index is 13.6. The van der Waals surface area contributed by atoms with E-state index in [0.29, 0.717) is 34.6 Å². The summed E-state index contributed by atoms with van der Waals surface area (Å²) in [6, 6.07) is 13.8. The molecule has 5 rings (SSSR count). The molecule has 178 valence electrons. The highest BCUT2D eigenvalue weighted by molar-refractivity contribution is 6.09. The number of phenols is 1. The Balaban J connectivity index is 1.60. The van der Waals surface area contributed by atoms with Crippen LogP contribution in [0.2, 0.25) is 0 Å². The molecule has 1 amide bonds. The number of aromatic hydroxyl groups is 1. The lowest BCUT2D eigenvalue weighted by Crippen LogP contribution is -2.37. The molecule has 0 spiro atoms. The van der Waals surface area contributed by atoms with Crippen molar-refractivity contribution < 1.29 is 23.8 Å². The molecule has 8 heteroatoms. The van der Waals surface area contributed by atoms with Gasteiger partial charge in [0.15, 0.2) is 17.3 Å². The third kappa shape index (κ3) is 4.19. The molecule has 3 N–H and O–H groups in total. The molecule has 0 bridgehead atoms. The number of carbonyl (C=O) groups is 2. The fraction of sp³-hybridized carbons (Fsp3) is 0.222. The van der Waals surface area contributed by atoms with Gasteiger partial charge < -0.3 is 24.9 Å². The van der Waals surface area contributed by atoms with Crippen molar-refractivity contribution in [2.24, 2.45) is 0 Å². The Hall–Kier alpha value is -4.33. The van der Waals surface area contributed by atoms with Gasteiger partial charge in [0.25, 0.3) is 5.91 Å². The fourth-order valence-corrected chi connectivity index (χ4v) is 4.89. The number of hydrogen-bond acceptors (Lipinski definition) is 7. The van der Waals surface area contributed by atoms with E-state index in [1.807, 2.05) is 19.1 Å². The van der Waals surface area contributed by atoms with Crippen LogP contribution in [0.3, 0.4) is 0 Å². The van der Waals surface area contributed by atoms with Crippen LogP contribution >= 0.6 is 0 Å². The van der Waals surface area contributed by atoms with Gasteiger partial charge in [-0.15, -0.1) is 0 Å². The summed E-state index contributed by atoms with van der Waals surface area (Å²) in [6.07, 6.45) is 4.05. The van der Waals surface area contributed by atoms with Crippen molar-refractivity contribution in [1.29, 1.82) is 0 Å². The number of aromatic nitrogens is 1. The molecule has 2 unspecified atom stereocenters. The fourth-order valence-electron chi connectivity index (χ4n) is 4.89. The Morgan fingerprint density at radius 2 is 2.06 bits per heavy atom. The summed E-state index contributed by atoms with van der Waals surface area (Å²) in [5.41, 5.74) is 3.03. The highest BCUT2D eigenvalue weighted by Gasteiger charge is 2.41. The molecule has 3 heterocycles. The quantitative estimate of drug-likeness (QED) is 0.506. The summed E-state index contributed by atoms with van der Waals surface area (Å²) >= 11 is 0. The zero-order chi connectivity index (χ0) is 24.5. The van der Waals surface area contributed by atoms with Crippen molar-refractivity contribution in [3.05, 3.63) is 94.9 Å². The molecule has 1 aliphatic carbocycles. The predicted octanol–water partition coefficient (Wildman–Crippen LogP) is 4.39. The average molecular weight is 472 g/mol. The van der Waals surface area contributed by atoms with Gasteiger partial charge in [-0.3, -0.25) is 9.59 Å². The van der Waals surface area contributed by atoms with Gasteiger partial charge >= 0.3 is 0 Å². The minimum absolute atomic E-state index is 0.0209. The third-order valence-corrected chi connectivity index (χ3v) is 6.46. The zero-order valence-electron chi connectivity index (χ0n) is 19.4. The van der Waals surface area contributed by atoms with Crippen LogP contribution in [0.5, 0.6) is 11.5 Å². The molecular formula is C27H25N3O5. The van der Waals surface area contributed by atoms with Crippen molar-refractivity contribution in [3.63, 3.8) is 0 Å². The summed E-state index contributed by atoms with van der Waals surface area (Å²) in [6.45, 7) is 1.82. The number of amides is 1. The maximum Gasteiger partial charge on any atom is 0.255 e. The number of ether oxygens (including phenoxy) is 1. The van der Waals surface area contributed by atoms with Crippen LogP contribution in [0.1, 0.15) is 42.9 Å². The number of dihydropyridines is 1. The van der Waals surface area contributed by atoms with Crippen LogP contribution < -0.4 is 15.4 Å². The van der Waals surface area contributed by atoms with Gasteiger partial charge in [-0.05, 0) is 55.3 Å². The first-order valence-electron chi connectivity index (χ1n) is 11.3. The predicted molar refractivity (Wildman–Crippen MR) is 129 cm³/mol. The van der Waals surface area contributed by atoms with E-state index in [0.717, 1.165) is 11.5 Å². The summed E-state index contributed by atoms with van der Waals surface area (Å²) in [7, 11) is 1.46. The minimum atomic E-state index is -0.644. The molecule has 1 aliphatic heterocycles. The Morgan fingerprint density at radius 1 is 1.20 bits per heavy atom. The number of carbonyl (C=O) groups excluding carboxylic acids is 2. The number of pyridine rings is 1. The number of allylic oxidation sites excluding steroid dienone is 3. The van der Waals surface area contributed by atoms with Gasteiger partial charge in [-0.25, -0.2) is 4.98 Å². The van der Waals surface area contributed by atoms with Crippen molar-refractivity contribution >= 4 is 17.5 Å². The maximum absolute atomic E-state index is 13.6. The Kier molecular flexibility index (Phi) is 5.86. The first kappa shape index (κ1) is 22.5. The molecular weight excluding hydrogens is 446 g/mol. The van der Waals surface area contributed by atoms with Gasteiger partial charge in [0, 0.05) is 47.0 Å². The van der Waals surface area contributed by atoms with E-state index in [-0.39, 0.29) is 35.5 Å². The average Bonchev–Trinajstić information content (AvgIpc) is 3.39. The summed E-state index contributed by atoms with van der Waals surface area (Å²) in [5.74, 6) is 0.257. The van der Waals surface area contributed by atoms with Crippen LogP contribution in [0.15, 0.2) is 87.9 Å². The molecule has 2 aromatic heterocycles. The molecule has 1 aromatic carbocycles. The highest BCUT2D eigenvalue weighted by atomic mass is 16.5. The van der Waals surface area contributed by atoms with Crippen LogP contribution in [-0.2, 0) is 9.59 Å². The molecule has 2 aliphatic rings. The van der Waals surface area contributed by atoms with Gasteiger partial charge in [0.2, 0.25) is 0 Å². The second-order valence-corrected chi connectivity index (χ2v) is 8.63. The molecule has 0 fully saturated rings. The summed E-state index contributed by atoms with van der Waals surface area (Å²) < 4.78 is 10.9. The largest absolute Gasteiger partial charge is 0.504 e. The number of Topliss-reactive ketones (excluding diaryl/α,β-unsaturated/α-hetero) is 1. The number of hydrogen-bond donors (Lipinski definition) is 3.